The summed E-state index contributed by atoms with van der Waals surface area (Å²) in [5, 5.41) is 3.46. The minimum absolute atomic E-state index is 0.488. The Bertz CT molecular complexity index is 525. The van der Waals surface area contributed by atoms with E-state index >= 15 is 0 Å². The predicted molar refractivity (Wildman–Crippen MR) is 73.3 cm³/mol. The van der Waals surface area contributed by atoms with Crippen LogP contribution in [0.2, 0.25) is 0 Å². The molecule has 1 atom stereocenters. The first kappa shape index (κ1) is 10.8. The number of benzene rings is 1. The molecule has 0 bridgehead atoms. The van der Waals surface area contributed by atoms with Gasteiger partial charge in [-0.05, 0) is 41.8 Å². The SMILES string of the molecule is Brc1ccc2c(c1)NCCC2c1ccncc1. The first-order valence-electron chi connectivity index (χ1n) is 5.78. The molecule has 1 aliphatic heterocycles. The molecule has 3 heteroatoms. The molecule has 2 heterocycles. The standard InChI is InChI=1S/C14H13BrN2/c15-11-1-2-13-12(5-8-17-14(13)9-11)10-3-6-16-7-4-10/h1-4,6-7,9,12,17H,5,8H2. The molecule has 0 spiro atoms. The second-order valence-corrected chi connectivity index (χ2v) is 5.20. The number of rotatable bonds is 1. The summed E-state index contributed by atoms with van der Waals surface area (Å²) in [7, 11) is 0. The van der Waals surface area contributed by atoms with E-state index in [9.17, 15) is 0 Å². The number of nitrogens with one attached hydrogen (secondary N) is 1. The van der Waals surface area contributed by atoms with E-state index in [1.54, 1.807) is 0 Å². The van der Waals surface area contributed by atoms with Crippen LogP contribution in [0, 0.1) is 0 Å². The summed E-state index contributed by atoms with van der Waals surface area (Å²) >= 11 is 3.52. The Balaban J connectivity index is 2.06. The van der Waals surface area contributed by atoms with Crippen LogP contribution in [0.25, 0.3) is 0 Å². The monoisotopic (exact) mass is 288 g/mol. The molecule has 17 heavy (non-hydrogen) atoms. The summed E-state index contributed by atoms with van der Waals surface area (Å²) in [5.41, 5.74) is 3.98. The van der Waals surface area contributed by atoms with Crippen LogP contribution in [0.15, 0.2) is 47.2 Å². The Kier molecular flexibility index (Phi) is 2.85. The Morgan fingerprint density at radius 3 is 2.82 bits per heavy atom. The minimum atomic E-state index is 0.488. The molecule has 1 unspecified atom stereocenters. The number of fused-ring (bicyclic) bond motifs is 1. The van der Waals surface area contributed by atoms with Gasteiger partial charge in [0.25, 0.3) is 0 Å². The van der Waals surface area contributed by atoms with E-state index in [4.69, 9.17) is 0 Å². The van der Waals surface area contributed by atoms with Crippen LogP contribution in [0.5, 0.6) is 0 Å². The highest BCUT2D eigenvalue weighted by atomic mass is 79.9. The summed E-state index contributed by atoms with van der Waals surface area (Å²) in [6.07, 6.45) is 4.88. The second kappa shape index (κ2) is 4.49. The molecule has 0 amide bonds. The lowest BCUT2D eigenvalue weighted by Crippen LogP contribution is -2.17. The van der Waals surface area contributed by atoms with Crippen molar-refractivity contribution in [3.8, 4) is 0 Å². The highest BCUT2D eigenvalue weighted by Crippen LogP contribution is 2.37. The fourth-order valence-electron chi connectivity index (χ4n) is 2.43. The zero-order valence-electron chi connectivity index (χ0n) is 9.36. The van der Waals surface area contributed by atoms with Crippen molar-refractivity contribution >= 4 is 21.6 Å². The van der Waals surface area contributed by atoms with Crippen molar-refractivity contribution in [1.29, 1.82) is 0 Å². The molecule has 1 N–H and O–H groups in total. The van der Waals surface area contributed by atoms with E-state index < -0.39 is 0 Å². The van der Waals surface area contributed by atoms with E-state index in [0.717, 1.165) is 17.4 Å². The fraction of sp³-hybridized carbons (Fsp3) is 0.214. The van der Waals surface area contributed by atoms with Crippen molar-refractivity contribution in [2.45, 2.75) is 12.3 Å². The number of pyridine rings is 1. The van der Waals surface area contributed by atoms with Crippen molar-refractivity contribution in [2.24, 2.45) is 0 Å². The van der Waals surface area contributed by atoms with Crippen molar-refractivity contribution in [1.82, 2.24) is 4.98 Å². The van der Waals surface area contributed by atoms with E-state index in [0.29, 0.717) is 5.92 Å². The summed E-state index contributed by atoms with van der Waals surface area (Å²) in [6, 6.07) is 10.7. The highest BCUT2D eigenvalue weighted by molar-refractivity contribution is 9.10. The summed E-state index contributed by atoms with van der Waals surface area (Å²) in [5.74, 6) is 0.488. The van der Waals surface area contributed by atoms with Crippen molar-refractivity contribution < 1.29 is 0 Å². The largest absolute Gasteiger partial charge is 0.385 e. The van der Waals surface area contributed by atoms with Gasteiger partial charge in [0.2, 0.25) is 0 Å². The molecule has 0 radical (unpaired) electrons. The van der Waals surface area contributed by atoms with Gasteiger partial charge in [0.1, 0.15) is 0 Å². The Morgan fingerprint density at radius 2 is 2.00 bits per heavy atom. The van der Waals surface area contributed by atoms with Crippen molar-refractivity contribution in [2.75, 3.05) is 11.9 Å². The molecule has 0 saturated heterocycles. The summed E-state index contributed by atoms with van der Waals surface area (Å²) in [6.45, 7) is 1.02. The number of aromatic nitrogens is 1. The van der Waals surface area contributed by atoms with Gasteiger partial charge in [-0.3, -0.25) is 4.98 Å². The number of nitrogens with zero attached hydrogens (tertiary/aromatic N) is 1. The van der Waals surface area contributed by atoms with Crippen LogP contribution in [0.3, 0.4) is 0 Å². The van der Waals surface area contributed by atoms with Gasteiger partial charge in [-0.2, -0.15) is 0 Å². The molecule has 2 nitrogen and oxygen atoms in total. The molecule has 0 saturated carbocycles. The molecule has 0 aliphatic carbocycles. The minimum Gasteiger partial charge on any atom is -0.385 e. The van der Waals surface area contributed by atoms with Gasteiger partial charge in [-0.1, -0.05) is 22.0 Å². The van der Waals surface area contributed by atoms with Crippen LogP contribution < -0.4 is 5.32 Å². The smallest absolute Gasteiger partial charge is 0.0390 e. The average molecular weight is 289 g/mol. The quantitative estimate of drug-likeness (QED) is 0.864. The third kappa shape index (κ3) is 2.07. The molecule has 2 aromatic rings. The topological polar surface area (TPSA) is 24.9 Å². The number of halogens is 1. The first-order valence-corrected chi connectivity index (χ1v) is 6.57. The zero-order chi connectivity index (χ0) is 11.7. The molecule has 0 fully saturated rings. The van der Waals surface area contributed by atoms with Crippen molar-refractivity contribution in [3.05, 3.63) is 58.3 Å². The molecule has 86 valence electrons. The fourth-order valence-corrected chi connectivity index (χ4v) is 2.80. The maximum atomic E-state index is 4.09. The third-order valence-corrected chi connectivity index (χ3v) is 3.74. The summed E-state index contributed by atoms with van der Waals surface area (Å²) < 4.78 is 1.12. The molecule has 1 aliphatic rings. The zero-order valence-corrected chi connectivity index (χ0v) is 10.9. The van der Waals surface area contributed by atoms with Gasteiger partial charge >= 0.3 is 0 Å². The van der Waals surface area contributed by atoms with Crippen LogP contribution in [-0.2, 0) is 0 Å². The normalized spacial score (nSPS) is 18.3. The van der Waals surface area contributed by atoms with Gasteiger partial charge in [-0.15, -0.1) is 0 Å². The number of hydrogen-bond acceptors (Lipinski definition) is 2. The van der Waals surface area contributed by atoms with E-state index in [-0.39, 0.29) is 0 Å². The average Bonchev–Trinajstić information content (AvgIpc) is 2.39. The summed E-state index contributed by atoms with van der Waals surface area (Å²) in [4.78, 5) is 4.09. The molecule has 1 aromatic carbocycles. The van der Waals surface area contributed by atoms with Crippen LogP contribution in [0.1, 0.15) is 23.5 Å². The van der Waals surface area contributed by atoms with Crippen molar-refractivity contribution in [3.63, 3.8) is 0 Å². The van der Waals surface area contributed by atoms with Gasteiger partial charge < -0.3 is 5.32 Å². The maximum Gasteiger partial charge on any atom is 0.0390 e. The lowest BCUT2D eigenvalue weighted by atomic mass is 9.86. The lowest BCUT2D eigenvalue weighted by molar-refractivity contribution is 0.719. The van der Waals surface area contributed by atoms with Crippen LogP contribution in [0.4, 0.5) is 5.69 Å². The number of hydrogen-bond donors (Lipinski definition) is 1. The molecular formula is C14H13BrN2. The van der Waals surface area contributed by atoms with Gasteiger partial charge in [-0.25, -0.2) is 0 Å². The molecule has 3 rings (SSSR count). The molecular weight excluding hydrogens is 276 g/mol. The lowest BCUT2D eigenvalue weighted by Gasteiger charge is -2.27. The Morgan fingerprint density at radius 1 is 1.18 bits per heavy atom. The highest BCUT2D eigenvalue weighted by Gasteiger charge is 2.21. The number of anilines is 1. The first-order chi connectivity index (χ1) is 8.34. The van der Waals surface area contributed by atoms with Crippen LogP contribution in [-0.4, -0.2) is 11.5 Å². The van der Waals surface area contributed by atoms with E-state index in [1.165, 1.54) is 16.8 Å². The second-order valence-electron chi connectivity index (χ2n) is 4.28. The van der Waals surface area contributed by atoms with E-state index in [2.05, 4.69) is 56.6 Å². The maximum absolute atomic E-state index is 4.09. The van der Waals surface area contributed by atoms with Gasteiger partial charge in [0.05, 0.1) is 0 Å². The predicted octanol–water partition coefficient (Wildman–Crippen LogP) is 3.79. The van der Waals surface area contributed by atoms with E-state index in [1.807, 2.05) is 12.4 Å². The Hall–Kier alpha value is -1.35. The Labute approximate surface area is 109 Å². The van der Waals surface area contributed by atoms with Gasteiger partial charge in [0, 0.05) is 35.0 Å². The molecule has 1 aromatic heterocycles. The van der Waals surface area contributed by atoms with Crippen LogP contribution >= 0.6 is 15.9 Å². The van der Waals surface area contributed by atoms with Gasteiger partial charge in [0.15, 0.2) is 0 Å². The third-order valence-electron chi connectivity index (χ3n) is 3.25.